The highest BCUT2D eigenvalue weighted by atomic mass is 16.1. The van der Waals surface area contributed by atoms with Gasteiger partial charge >= 0.3 is 0 Å². The van der Waals surface area contributed by atoms with Gasteiger partial charge in [0, 0.05) is 25.1 Å². The number of pyridine rings is 1. The zero-order valence-electron chi connectivity index (χ0n) is 8.94. The van der Waals surface area contributed by atoms with E-state index in [0.717, 1.165) is 12.0 Å². The van der Waals surface area contributed by atoms with Crippen LogP contribution in [0.1, 0.15) is 25.3 Å². The lowest BCUT2D eigenvalue weighted by Crippen LogP contribution is -2.23. The third-order valence-corrected chi connectivity index (χ3v) is 2.26. The minimum atomic E-state index is -0.0308. The minimum absolute atomic E-state index is 0.0308. The van der Waals surface area contributed by atoms with Gasteiger partial charge in [-0.05, 0) is 24.1 Å². The standard InChI is InChI=1S/C11H17N3O/c1-2-9(12)7-10(15)5-8-3-4-14-11(13)6-8/h3-4,6,9H,2,5,7,12H2,1H3,(H2,13,14). The molecule has 1 atom stereocenters. The van der Waals surface area contributed by atoms with Crippen LogP contribution in [-0.2, 0) is 11.2 Å². The average Bonchev–Trinajstić information content (AvgIpc) is 2.17. The number of carbonyl (C=O) groups excluding carboxylic acids is 1. The minimum Gasteiger partial charge on any atom is -0.384 e. The van der Waals surface area contributed by atoms with Crippen LogP contribution in [0.3, 0.4) is 0 Å². The van der Waals surface area contributed by atoms with E-state index in [1.165, 1.54) is 0 Å². The van der Waals surface area contributed by atoms with E-state index < -0.39 is 0 Å². The Morgan fingerprint density at radius 2 is 2.33 bits per heavy atom. The molecule has 0 aromatic carbocycles. The van der Waals surface area contributed by atoms with Crippen molar-refractivity contribution < 1.29 is 4.79 Å². The SMILES string of the molecule is CCC(N)CC(=O)Cc1ccnc(N)c1. The van der Waals surface area contributed by atoms with Crippen LogP contribution in [0.25, 0.3) is 0 Å². The first-order valence-electron chi connectivity index (χ1n) is 5.09. The number of aromatic nitrogens is 1. The van der Waals surface area contributed by atoms with Crippen molar-refractivity contribution >= 4 is 11.6 Å². The number of ketones is 1. The second-order valence-electron chi connectivity index (χ2n) is 3.68. The van der Waals surface area contributed by atoms with Gasteiger partial charge in [0.2, 0.25) is 0 Å². The fraction of sp³-hybridized carbons (Fsp3) is 0.455. The van der Waals surface area contributed by atoms with Crippen molar-refractivity contribution in [3.63, 3.8) is 0 Å². The van der Waals surface area contributed by atoms with E-state index in [1.807, 2.05) is 6.92 Å². The molecule has 0 amide bonds. The van der Waals surface area contributed by atoms with Gasteiger partial charge in [0.1, 0.15) is 11.6 Å². The lowest BCUT2D eigenvalue weighted by atomic mass is 10.0. The van der Waals surface area contributed by atoms with E-state index in [1.54, 1.807) is 18.3 Å². The van der Waals surface area contributed by atoms with Crippen LogP contribution in [-0.4, -0.2) is 16.8 Å². The Balaban J connectivity index is 2.51. The largest absolute Gasteiger partial charge is 0.384 e. The molecule has 0 fully saturated rings. The number of anilines is 1. The topological polar surface area (TPSA) is 82.0 Å². The summed E-state index contributed by atoms with van der Waals surface area (Å²) < 4.78 is 0. The third-order valence-electron chi connectivity index (χ3n) is 2.26. The van der Waals surface area contributed by atoms with E-state index in [-0.39, 0.29) is 11.8 Å². The van der Waals surface area contributed by atoms with Crippen LogP contribution < -0.4 is 11.5 Å². The molecular weight excluding hydrogens is 190 g/mol. The van der Waals surface area contributed by atoms with E-state index in [2.05, 4.69) is 4.98 Å². The summed E-state index contributed by atoms with van der Waals surface area (Å²) in [7, 11) is 0. The molecule has 1 aromatic heterocycles. The zero-order valence-corrected chi connectivity index (χ0v) is 8.94. The van der Waals surface area contributed by atoms with Crippen molar-refractivity contribution in [3.8, 4) is 0 Å². The molecular formula is C11H17N3O. The molecule has 0 aliphatic carbocycles. The predicted octanol–water partition coefficient (Wildman–Crippen LogP) is 0.903. The monoisotopic (exact) mass is 207 g/mol. The van der Waals surface area contributed by atoms with Crippen LogP contribution >= 0.6 is 0 Å². The first-order valence-corrected chi connectivity index (χ1v) is 5.09. The molecule has 4 N–H and O–H groups in total. The maximum absolute atomic E-state index is 11.6. The van der Waals surface area contributed by atoms with Gasteiger partial charge in [-0.1, -0.05) is 6.92 Å². The van der Waals surface area contributed by atoms with Gasteiger partial charge in [0.25, 0.3) is 0 Å². The van der Waals surface area contributed by atoms with Crippen molar-refractivity contribution in [2.24, 2.45) is 5.73 Å². The number of nitrogens with two attached hydrogens (primary N) is 2. The molecule has 0 aliphatic rings. The fourth-order valence-electron chi connectivity index (χ4n) is 1.34. The Hall–Kier alpha value is -1.42. The van der Waals surface area contributed by atoms with Gasteiger partial charge in [-0.25, -0.2) is 4.98 Å². The maximum Gasteiger partial charge on any atom is 0.138 e. The van der Waals surface area contributed by atoms with E-state index in [0.29, 0.717) is 18.7 Å². The molecule has 4 heteroatoms. The summed E-state index contributed by atoms with van der Waals surface area (Å²) in [5.41, 5.74) is 12.1. The fourth-order valence-corrected chi connectivity index (χ4v) is 1.34. The molecule has 1 heterocycles. The van der Waals surface area contributed by atoms with Crippen LogP contribution in [0.5, 0.6) is 0 Å². The Morgan fingerprint density at radius 3 is 2.93 bits per heavy atom. The number of Topliss-reactive ketones (excluding diaryl/α,β-unsaturated/α-hetero) is 1. The highest BCUT2D eigenvalue weighted by Crippen LogP contribution is 2.06. The summed E-state index contributed by atoms with van der Waals surface area (Å²) in [6, 6.07) is 3.48. The number of carbonyl (C=O) groups is 1. The number of hydrogen-bond donors (Lipinski definition) is 2. The van der Waals surface area contributed by atoms with Crippen LogP contribution in [0.2, 0.25) is 0 Å². The average molecular weight is 207 g/mol. The highest BCUT2D eigenvalue weighted by Gasteiger charge is 2.08. The Morgan fingerprint density at radius 1 is 1.60 bits per heavy atom. The lowest BCUT2D eigenvalue weighted by molar-refractivity contribution is -0.118. The smallest absolute Gasteiger partial charge is 0.138 e. The molecule has 0 spiro atoms. The van der Waals surface area contributed by atoms with Crippen molar-refractivity contribution in [1.29, 1.82) is 0 Å². The molecule has 0 saturated carbocycles. The van der Waals surface area contributed by atoms with Crippen molar-refractivity contribution in [1.82, 2.24) is 4.98 Å². The number of nitrogens with zero attached hydrogens (tertiary/aromatic N) is 1. The highest BCUT2D eigenvalue weighted by molar-refractivity contribution is 5.81. The first kappa shape index (κ1) is 11.7. The first-order chi connectivity index (χ1) is 7.11. The quantitative estimate of drug-likeness (QED) is 0.751. The van der Waals surface area contributed by atoms with Gasteiger partial charge in [-0.15, -0.1) is 0 Å². The van der Waals surface area contributed by atoms with Crippen molar-refractivity contribution in [2.75, 3.05) is 5.73 Å². The van der Waals surface area contributed by atoms with Crippen LogP contribution in [0, 0.1) is 0 Å². The maximum atomic E-state index is 11.6. The molecule has 15 heavy (non-hydrogen) atoms. The van der Waals surface area contributed by atoms with E-state index >= 15 is 0 Å². The lowest BCUT2D eigenvalue weighted by Gasteiger charge is -2.07. The summed E-state index contributed by atoms with van der Waals surface area (Å²) in [6.45, 7) is 1.97. The van der Waals surface area contributed by atoms with Crippen LogP contribution in [0.15, 0.2) is 18.3 Å². The molecule has 0 bridgehead atoms. The third kappa shape index (κ3) is 4.08. The van der Waals surface area contributed by atoms with Crippen molar-refractivity contribution in [3.05, 3.63) is 23.9 Å². The molecule has 1 unspecified atom stereocenters. The molecule has 82 valence electrons. The molecule has 4 nitrogen and oxygen atoms in total. The number of hydrogen-bond acceptors (Lipinski definition) is 4. The molecule has 1 rings (SSSR count). The molecule has 1 aromatic rings. The number of nitrogen functional groups attached to an aromatic ring is 1. The zero-order chi connectivity index (χ0) is 11.3. The van der Waals surface area contributed by atoms with Gasteiger partial charge < -0.3 is 11.5 Å². The van der Waals surface area contributed by atoms with E-state index in [9.17, 15) is 4.79 Å². The van der Waals surface area contributed by atoms with E-state index in [4.69, 9.17) is 11.5 Å². The van der Waals surface area contributed by atoms with Crippen molar-refractivity contribution in [2.45, 2.75) is 32.2 Å². The molecule has 0 aliphatic heterocycles. The van der Waals surface area contributed by atoms with Crippen LogP contribution in [0.4, 0.5) is 5.82 Å². The summed E-state index contributed by atoms with van der Waals surface area (Å²) in [4.78, 5) is 15.4. The predicted molar refractivity (Wildman–Crippen MR) is 60.2 cm³/mol. The van der Waals surface area contributed by atoms with Gasteiger partial charge in [-0.3, -0.25) is 4.79 Å². The summed E-state index contributed by atoms with van der Waals surface area (Å²) in [5, 5.41) is 0. The summed E-state index contributed by atoms with van der Waals surface area (Å²) >= 11 is 0. The normalized spacial score (nSPS) is 12.4. The number of rotatable bonds is 5. The van der Waals surface area contributed by atoms with Gasteiger partial charge in [0.05, 0.1) is 0 Å². The Labute approximate surface area is 89.7 Å². The molecule has 0 radical (unpaired) electrons. The van der Waals surface area contributed by atoms with Gasteiger partial charge in [-0.2, -0.15) is 0 Å². The summed E-state index contributed by atoms with van der Waals surface area (Å²) in [6.07, 6.45) is 3.25. The second-order valence-corrected chi connectivity index (χ2v) is 3.68. The molecule has 0 saturated heterocycles. The Kier molecular flexibility index (Phi) is 4.24. The second kappa shape index (κ2) is 5.46. The summed E-state index contributed by atoms with van der Waals surface area (Å²) in [5.74, 6) is 0.593. The Bertz CT molecular complexity index is 338. The van der Waals surface area contributed by atoms with Gasteiger partial charge in [0.15, 0.2) is 0 Å².